The highest BCUT2D eigenvalue weighted by molar-refractivity contribution is 7.87. The van der Waals surface area contributed by atoms with Crippen molar-refractivity contribution in [2.75, 3.05) is 10.6 Å². The van der Waals surface area contributed by atoms with Crippen LogP contribution in [0.3, 0.4) is 0 Å². The Bertz CT molecular complexity index is 3070. The highest BCUT2D eigenvalue weighted by atomic mass is 32.2. The van der Waals surface area contributed by atoms with Crippen LogP contribution in [0.15, 0.2) is 191 Å². The first-order chi connectivity index (χ1) is 32.6. The molecule has 0 saturated carbocycles. The molecule has 8 bridgehead atoms. The zero-order chi connectivity index (χ0) is 47.7. The summed E-state index contributed by atoms with van der Waals surface area (Å²) in [6.45, 7) is 3.66. The maximum atomic E-state index is 14.1. The molecule has 3 aliphatic rings. The van der Waals surface area contributed by atoms with E-state index in [2.05, 4.69) is 10.6 Å². The first-order valence-electron chi connectivity index (χ1n) is 21.6. The number of phenolic OH excluding ortho intramolecular Hbond substituents is 2. The van der Waals surface area contributed by atoms with Crippen molar-refractivity contribution in [1.82, 2.24) is 0 Å². The van der Waals surface area contributed by atoms with E-state index >= 15 is 0 Å². The summed E-state index contributed by atoms with van der Waals surface area (Å²) in [5, 5.41) is 57.3. The summed E-state index contributed by atoms with van der Waals surface area (Å²) >= 11 is 0. The number of aromatic hydroxyl groups is 2. The van der Waals surface area contributed by atoms with E-state index in [1.54, 1.807) is 134 Å². The van der Waals surface area contributed by atoms with Crippen molar-refractivity contribution >= 4 is 31.6 Å². The van der Waals surface area contributed by atoms with Gasteiger partial charge in [0.15, 0.2) is 0 Å². The maximum Gasteiger partial charge on any atom is 0.339 e. The van der Waals surface area contributed by atoms with Crippen molar-refractivity contribution in [3.05, 3.63) is 236 Å². The molecule has 0 fully saturated rings. The number of allylic oxidation sites excluding steroid dienone is 10. The van der Waals surface area contributed by atoms with E-state index in [9.17, 15) is 37.3 Å². The first-order valence-corrected chi connectivity index (χ1v) is 24.4. The number of phenols is 2. The second kappa shape index (κ2) is 18.4. The summed E-state index contributed by atoms with van der Waals surface area (Å²) in [5.74, 6) is -1.35. The van der Waals surface area contributed by atoms with Gasteiger partial charge in [-0.05, 0) is 108 Å². The van der Waals surface area contributed by atoms with Crippen molar-refractivity contribution in [3.8, 4) is 23.0 Å². The zero-order valence-corrected chi connectivity index (χ0v) is 38.4. The molecule has 0 radical (unpaired) electrons. The van der Waals surface area contributed by atoms with Crippen LogP contribution in [-0.2, 0) is 45.9 Å². The van der Waals surface area contributed by atoms with Crippen LogP contribution in [0, 0.1) is 13.8 Å². The van der Waals surface area contributed by atoms with Gasteiger partial charge in [0.1, 0.15) is 32.8 Å². The fraction of sp³-hybridized carbons (Fsp3) is 0.111. The molecule has 6 aromatic rings. The van der Waals surface area contributed by atoms with Gasteiger partial charge < -0.3 is 39.4 Å². The Labute approximate surface area is 394 Å². The van der Waals surface area contributed by atoms with E-state index < -0.39 is 32.0 Å². The molecule has 9 rings (SSSR count). The van der Waals surface area contributed by atoms with Crippen molar-refractivity contribution in [2.45, 2.75) is 49.3 Å². The lowest BCUT2D eigenvalue weighted by atomic mass is 9.91. The average molecular weight is 945 g/mol. The SMILES string of the molecule is Cc1ccc(S(=O)(=O)Oc2c3cc(NC([O-])=C4C=CC=C4)cc2Cc2cccc(c2O)Cc2cc(NC([O-])=C4C=CC=C4)cc(c2OS(=O)(=O)c2ccc(C)cc2)Cc2cccc(c2O)C3)cc1. The van der Waals surface area contributed by atoms with Crippen molar-refractivity contribution in [2.24, 2.45) is 0 Å². The van der Waals surface area contributed by atoms with Crippen LogP contribution in [-0.4, -0.2) is 27.0 Å². The molecule has 12 nitrogen and oxygen atoms in total. The third-order valence-electron chi connectivity index (χ3n) is 11.8. The Kier molecular flexibility index (Phi) is 12.2. The molecule has 0 amide bonds. The van der Waals surface area contributed by atoms with Gasteiger partial charge in [0, 0.05) is 59.3 Å². The van der Waals surface area contributed by atoms with Gasteiger partial charge in [0.25, 0.3) is 0 Å². The number of para-hydroxylation sites is 2. The summed E-state index contributed by atoms with van der Waals surface area (Å²) in [5.41, 5.74) is 5.51. The smallest absolute Gasteiger partial charge is 0.339 e. The number of rotatable bonds is 10. The molecule has 3 aliphatic carbocycles. The lowest BCUT2D eigenvalue weighted by Gasteiger charge is -2.24. The molecular weight excluding hydrogens is 901 g/mol. The first kappa shape index (κ1) is 45.2. The van der Waals surface area contributed by atoms with Crippen molar-refractivity contribution < 1.29 is 45.6 Å². The Morgan fingerprint density at radius 3 is 1.06 bits per heavy atom. The standard InChI is InChI=1S/C54H46N2O10S2/c1-33-17-21-47(22-18-33)67(61,62)65-51-41-25-37-13-7-15-39(49(37)57)27-43-31-46(56-54(60)36-11-5-6-12-36)32-44(52(43)66-68(63,64)48-23-19-34(2)20-24-48)28-40-16-8-14-38(50(40)58)26-42(51)30-45(29-41)55-53(59)35-9-3-4-10-35/h3-24,29-32,55-60H,25-28H2,1-2H3/p-2. The highest BCUT2D eigenvalue weighted by Gasteiger charge is 2.27. The van der Waals surface area contributed by atoms with Gasteiger partial charge in [-0.1, -0.05) is 120 Å². The normalized spacial score (nSPS) is 14.0. The van der Waals surface area contributed by atoms with Gasteiger partial charge in [-0.15, -0.1) is 0 Å². The number of nitrogens with one attached hydrogen (secondary N) is 2. The highest BCUT2D eigenvalue weighted by Crippen LogP contribution is 2.42. The topological polar surface area (TPSA) is 197 Å². The quantitative estimate of drug-likeness (QED) is 0.0760. The monoisotopic (exact) mass is 944 g/mol. The summed E-state index contributed by atoms with van der Waals surface area (Å²) in [7, 11) is -8.96. The lowest BCUT2D eigenvalue weighted by Crippen LogP contribution is -2.17. The summed E-state index contributed by atoms with van der Waals surface area (Å²) in [6, 6.07) is 28.8. The molecule has 0 unspecified atom stereocenters. The molecule has 0 atom stereocenters. The second-order valence-corrected chi connectivity index (χ2v) is 19.9. The molecule has 4 N–H and O–H groups in total. The minimum Gasteiger partial charge on any atom is -0.860 e. The minimum absolute atomic E-state index is 0.0639. The van der Waals surface area contributed by atoms with Crippen LogP contribution in [0.25, 0.3) is 0 Å². The number of hydrogen-bond acceptors (Lipinski definition) is 12. The predicted molar refractivity (Wildman–Crippen MR) is 256 cm³/mol. The van der Waals surface area contributed by atoms with Crippen LogP contribution in [0.1, 0.15) is 55.6 Å². The molecule has 0 aliphatic heterocycles. The van der Waals surface area contributed by atoms with E-state index in [0.29, 0.717) is 44.8 Å². The fourth-order valence-corrected chi connectivity index (χ4v) is 10.3. The molecular formula is C54H44N2O10S2-2. The van der Waals surface area contributed by atoms with Crippen LogP contribution in [0.5, 0.6) is 23.0 Å². The molecule has 0 heterocycles. The number of anilines is 2. The summed E-state index contributed by atoms with van der Waals surface area (Å²) < 4.78 is 68.7. The van der Waals surface area contributed by atoms with E-state index in [0.717, 1.165) is 11.1 Å². The third-order valence-corrected chi connectivity index (χ3v) is 14.3. The third kappa shape index (κ3) is 9.64. The molecule has 0 aromatic heterocycles. The molecule has 6 aromatic carbocycles. The van der Waals surface area contributed by atoms with Crippen LogP contribution in [0.2, 0.25) is 0 Å². The van der Waals surface area contributed by atoms with Crippen molar-refractivity contribution in [3.63, 3.8) is 0 Å². The second-order valence-electron chi connectivity index (χ2n) is 16.8. The largest absolute Gasteiger partial charge is 0.860 e. The van der Waals surface area contributed by atoms with Gasteiger partial charge in [-0.25, -0.2) is 0 Å². The average Bonchev–Trinajstić information content (AvgIpc) is 4.05. The maximum absolute atomic E-state index is 14.1. The van der Waals surface area contributed by atoms with Gasteiger partial charge in [0.05, 0.1) is 0 Å². The molecule has 0 saturated heterocycles. The fourth-order valence-electron chi connectivity index (χ4n) is 8.26. The Morgan fingerprint density at radius 2 is 0.765 bits per heavy atom. The Hall–Kier alpha value is -7.94. The predicted octanol–water partition coefficient (Wildman–Crippen LogP) is 8.15. The van der Waals surface area contributed by atoms with E-state index in [4.69, 9.17) is 8.37 Å². The molecule has 14 heteroatoms. The van der Waals surface area contributed by atoms with E-state index in [1.165, 1.54) is 24.3 Å². The number of hydrogen-bond donors (Lipinski definition) is 4. The summed E-state index contributed by atoms with van der Waals surface area (Å²) in [4.78, 5) is -0.196. The van der Waals surface area contributed by atoms with Crippen LogP contribution in [0.4, 0.5) is 11.4 Å². The number of fused-ring (bicyclic) bond motifs is 8. The van der Waals surface area contributed by atoms with Gasteiger partial charge in [-0.3, -0.25) is 0 Å². The summed E-state index contributed by atoms with van der Waals surface area (Å²) in [6.07, 6.45) is 13.1. The Balaban J connectivity index is 1.25. The number of benzene rings is 6. The van der Waals surface area contributed by atoms with E-state index in [1.807, 2.05) is 13.8 Å². The molecule has 68 heavy (non-hydrogen) atoms. The zero-order valence-electron chi connectivity index (χ0n) is 36.8. The molecule has 344 valence electrons. The Morgan fingerprint density at radius 1 is 0.471 bits per heavy atom. The van der Waals surface area contributed by atoms with Crippen molar-refractivity contribution in [1.29, 1.82) is 0 Å². The van der Waals surface area contributed by atoms with Gasteiger partial charge in [0.2, 0.25) is 0 Å². The number of aryl methyl sites for hydroxylation is 2. The van der Waals surface area contributed by atoms with Gasteiger partial charge >= 0.3 is 20.2 Å². The molecule has 0 spiro atoms. The van der Waals surface area contributed by atoms with Gasteiger partial charge in [-0.2, -0.15) is 16.8 Å². The van der Waals surface area contributed by atoms with Crippen LogP contribution >= 0.6 is 0 Å². The van der Waals surface area contributed by atoms with E-state index in [-0.39, 0.29) is 80.7 Å². The van der Waals surface area contributed by atoms with Crippen LogP contribution < -0.4 is 29.2 Å². The minimum atomic E-state index is -4.48. The lowest BCUT2D eigenvalue weighted by molar-refractivity contribution is -0.300.